The lowest BCUT2D eigenvalue weighted by molar-refractivity contribution is -0.140. The first kappa shape index (κ1) is 9.66. The van der Waals surface area contributed by atoms with Crippen molar-refractivity contribution in [3.05, 3.63) is 18.2 Å². The maximum atomic E-state index is 10.6. The molecule has 1 heterocycles. The highest BCUT2D eigenvalue weighted by Gasteiger charge is 2.17. The van der Waals surface area contributed by atoms with Crippen molar-refractivity contribution in [3.63, 3.8) is 0 Å². The van der Waals surface area contributed by atoms with Gasteiger partial charge in [-0.3, -0.25) is 0 Å². The minimum absolute atomic E-state index is 0.0955. The number of aromatic nitrogens is 2. The zero-order chi connectivity index (χ0) is 10.0. The fraction of sp³-hybridized carbons (Fsp3) is 0.286. The highest BCUT2D eigenvalue weighted by molar-refractivity contribution is 7.80. The van der Waals surface area contributed by atoms with Gasteiger partial charge in [0.25, 0.3) is 0 Å². The van der Waals surface area contributed by atoms with Gasteiger partial charge in [0.05, 0.1) is 0 Å². The Balaban J connectivity index is 3.07. The van der Waals surface area contributed by atoms with Crippen molar-refractivity contribution >= 4 is 23.2 Å². The first-order valence-electron chi connectivity index (χ1n) is 3.59. The van der Waals surface area contributed by atoms with Gasteiger partial charge in [0.1, 0.15) is 11.0 Å². The lowest BCUT2D eigenvalue weighted by atomic mass is 10.3. The molecule has 1 aromatic rings. The zero-order valence-corrected chi connectivity index (χ0v) is 7.78. The first-order valence-corrected chi connectivity index (χ1v) is 4.00. The van der Waals surface area contributed by atoms with E-state index in [0.717, 1.165) is 0 Å². The molecule has 0 aliphatic rings. The Morgan fingerprint density at radius 3 is 2.92 bits per heavy atom. The normalized spacial score (nSPS) is 12.4. The maximum Gasteiger partial charge on any atom is 0.326 e. The highest BCUT2D eigenvalue weighted by Crippen LogP contribution is 2.08. The third-order valence-corrected chi connectivity index (χ3v) is 1.85. The molecule has 0 spiro atoms. The number of carboxylic acids is 1. The van der Waals surface area contributed by atoms with Crippen molar-refractivity contribution in [1.82, 2.24) is 9.55 Å². The van der Waals surface area contributed by atoms with E-state index in [4.69, 9.17) is 23.1 Å². The lowest BCUT2D eigenvalue weighted by Gasteiger charge is -2.10. The number of aliphatic carboxylic acids is 1. The number of thiocarbonyl (C=S) groups is 1. The first-order chi connectivity index (χ1) is 6.04. The van der Waals surface area contributed by atoms with Crippen LogP contribution >= 0.6 is 12.2 Å². The van der Waals surface area contributed by atoms with Crippen molar-refractivity contribution in [3.8, 4) is 0 Å². The Labute approximate surface area is 80.2 Å². The fourth-order valence-corrected chi connectivity index (χ4v) is 1.09. The summed E-state index contributed by atoms with van der Waals surface area (Å²) in [5.74, 6) is -0.625. The molecule has 1 aromatic heterocycles. The monoisotopic (exact) mass is 199 g/mol. The molecule has 0 saturated heterocycles. The Morgan fingerprint density at radius 1 is 1.85 bits per heavy atom. The van der Waals surface area contributed by atoms with Crippen molar-refractivity contribution in [2.45, 2.75) is 13.0 Å². The second kappa shape index (κ2) is 3.53. The van der Waals surface area contributed by atoms with E-state index in [2.05, 4.69) is 4.98 Å². The lowest BCUT2D eigenvalue weighted by Crippen LogP contribution is -2.22. The molecule has 3 N–H and O–H groups in total. The minimum atomic E-state index is -0.949. The molecule has 70 valence electrons. The van der Waals surface area contributed by atoms with Gasteiger partial charge in [-0.05, 0) is 6.92 Å². The van der Waals surface area contributed by atoms with Crippen molar-refractivity contribution in [2.24, 2.45) is 5.73 Å². The van der Waals surface area contributed by atoms with E-state index in [-0.39, 0.29) is 4.99 Å². The van der Waals surface area contributed by atoms with Crippen molar-refractivity contribution in [1.29, 1.82) is 0 Å². The van der Waals surface area contributed by atoms with E-state index in [9.17, 15) is 4.79 Å². The summed E-state index contributed by atoms with van der Waals surface area (Å²) in [6.45, 7) is 1.53. The summed E-state index contributed by atoms with van der Waals surface area (Å²) in [5, 5.41) is 8.73. The molecule has 1 atom stereocenters. The molecule has 1 rings (SSSR count). The van der Waals surface area contributed by atoms with Crippen LogP contribution in [0.1, 0.15) is 18.8 Å². The van der Waals surface area contributed by atoms with Crippen LogP contribution in [0.15, 0.2) is 12.4 Å². The molecule has 0 aromatic carbocycles. The molecule has 0 saturated carbocycles. The third-order valence-electron chi connectivity index (χ3n) is 1.66. The number of nitrogens with two attached hydrogens (primary N) is 1. The van der Waals surface area contributed by atoms with Crippen LogP contribution in [0.25, 0.3) is 0 Å². The van der Waals surface area contributed by atoms with Crippen LogP contribution in [-0.2, 0) is 4.79 Å². The van der Waals surface area contributed by atoms with Crippen LogP contribution in [0, 0.1) is 0 Å². The Hall–Kier alpha value is -1.43. The van der Waals surface area contributed by atoms with E-state index < -0.39 is 12.0 Å². The van der Waals surface area contributed by atoms with E-state index in [0.29, 0.717) is 5.82 Å². The summed E-state index contributed by atoms with van der Waals surface area (Å²) in [6, 6.07) is -0.709. The number of imidazole rings is 1. The summed E-state index contributed by atoms with van der Waals surface area (Å²) < 4.78 is 1.42. The van der Waals surface area contributed by atoms with Crippen LogP contribution in [0.3, 0.4) is 0 Å². The Kier molecular flexibility index (Phi) is 2.62. The minimum Gasteiger partial charge on any atom is -0.480 e. The topological polar surface area (TPSA) is 81.1 Å². The SMILES string of the molecule is CC(C(=O)O)n1ccnc1C(N)=S. The summed E-state index contributed by atoms with van der Waals surface area (Å²) in [6.07, 6.45) is 3.00. The second-order valence-corrected chi connectivity index (χ2v) is 2.98. The molecule has 1 unspecified atom stereocenters. The summed E-state index contributed by atoms with van der Waals surface area (Å²) >= 11 is 4.71. The van der Waals surface area contributed by atoms with Gasteiger partial charge >= 0.3 is 5.97 Å². The van der Waals surface area contributed by atoms with E-state index in [1.807, 2.05) is 0 Å². The number of carboxylic acid groups (broad SMARTS) is 1. The maximum absolute atomic E-state index is 10.6. The molecule has 0 bridgehead atoms. The molecule has 0 aliphatic heterocycles. The van der Waals surface area contributed by atoms with Crippen LogP contribution < -0.4 is 5.73 Å². The molecule has 0 aliphatic carbocycles. The summed E-state index contributed by atoms with van der Waals surface area (Å²) in [5.41, 5.74) is 5.35. The van der Waals surface area contributed by atoms with Gasteiger partial charge in [0.15, 0.2) is 5.82 Å². The molecule has 6 heteroatoms. The average molecular weight is 199 g/mol. The fourth-order valence-electron chi connectivity index (χ4n) is 0.935. The van der Waals surface area contributed by atoms with Crippen LogP contribution in [0.2, 0.25) is 0 Å². The van der Waals surface area contributed by atoms with Gasteiger partial charge < -0.3 is 15.4 Å². The standard InChI is InChI=1S/C7H9N3O2S/c1-4(7(11)12)10-3-2-9-6(10)5(8)13/h2-4H,1H3,(H2,8,13)(H,11,12). The number of rotatable bonds is 3. The Bertz CT molecular complexity index is 347. The zero-order valence-electron chi connectivity index (χ0n) is 6.97. The number of nitrogens with zero attached hydrogens (tertiary/aromatic N) is 2. The quantitative estimate of drug-likeness (QED) is 0.678. The van der Waals surface area contributed by atoms with E-state index >= 15 is 0 Å². The molecule has 0 radical (unpaired) electrons. The Morgan fingerprint density at radius 2 is 2.46 bits per heavy atom. The van der Waals surface area contributed by atoms with E-state index in [1.165, 1.54) is 23.9 Å². The predicted octanol–water partition coefficient (Wildman–Crippen LogP) is 0.163. The van der Waals surface area contributed by atoms with Gasteiger partial charge in [-0.2, -0.15) is 0 Å². The van der Waals surface area contributed by atoms with Gasteiger partial charge in [0.2, 0.25) is 0 Å². The van der Waals surface area contributed by atoms with Crippen LogP contribution in [-0.4, -0.2) is 25.6 Å². The molecular weight excluding hydrogens is 190 g/mol. The van der Waals surface area contributed by atoms with Gasteiger partial charge in [-0.25, -0.2) is 9.78 Å². The van der Waals surface area contributed by atoms with Gasteiger partial charge in [-0.1, -0.05) is 12.2 Å². The number of carbonyl (C=O) groups is 1. The molecular formula is C7H9N3O2S. The van der Waals surface area contributed by atoms with Crippen LogP contribution in [0.4, 0.5) is 0 Å². The summed E-state index contributed by atoms with van der Waals surface area (Å²) in [7, 11) is 0. The van der Waals surface area contributed by atoms with Crippen LogP contribution in [0.5, 0.6) is 0 Å². The molecule has 0 fully saturated rings. The molecule has 13 heavy (non-hydrogen) atoms. The van der Waals surface area contributed by atoms with Crippen molar-refractivity contribution in [2.75, 3.05) is 0 Å². The predicted molar refractivity (Wildman–Crippen MR) is 50.5 cm³/mol. The largest absolute Gasteiger partial charge is 0.480 e. The molecule has 0 amide bonds. The molecule has 5 nitrogen and oxygen atoms in total. The number of hydrogen-bond acceptors (Lipinski definition) is 3. The summed E-state index contributed by atoms with van der Waals surface area (Å²) in [4.78, 5) is 14.6. The third kappa shape index (κ3) is 1.83. The van der Waals surface area contributed by atoms with Gasteiger partial charge in [0, 0.05) is 12.4 Å². The number of hydrogen-bond donors (Lipinski definition) is 2. The highest BCUT2D eigenvalue weighted by atomic mass is 32.1. The second-order valence-electron chi connectivity index (χ2n) is 2.54. The average Bonchev–Trinajstić information content (AvgIpc) is 2.50. The van der Waals surface area contributed by atoms with E-state index in [1.54, 1.807) is 0 Å². The smallest absolute Gasteiger partial charge is 0.326 e. The van der Waals surface area contributed by atoms with Gasteiger partial charge in [-0.15, -0.1) is 0 Å². The van der Waals surface area contributed by atoms with Crippen molar-refractivity contribution < 1.29 is 9.90 Å².